The Morgan fingerprint density at radius 3 is 2.44 bits per heavy atom. The maximum Gasteiger partial charge on any atom is 0.320 e. The molecule has 1 atom stereocenters. The van der Waals surface area contributed by atoms with E-state index in [0.717, 1.165) is 25.7 Å². The predicted octanol–water partition coefficient (Wildman–Crippen LogP) is 1.09. The molecule has 2 N–H and O–H groups in total. The van der Waals surface area contributed by atoms with Gasteiger partial charge in [0.1, 0.15) is 6.04 Å². The van der Waals surface area contributed by atoms with E-state index in [4.69, 9.17) is 0 Å². The van der Waals surface area contributed by atoms with E-state index in [1.54, 1.807) is 7.05 Å². The van der Waals surface area contributed by atoms with E-state index in [-0.39, 0.29) is 17.9 Å². The summed E-state index contributed by atoms with van der Waals surface area (Å²) >= 11 is 0. The molecule has 0 radical (unpaired) electrons. The Hall–Kier alpha value is -1.10. The lowest BCUT2D eigenvalue weighted by Gasteiger charge is -2.35. The van der Waals surface area contributed by atoms with Crippen LogP contribution in [0.2, 0.25) is 0 Å². The summed E-state index contributed by atoms with van der Waals surface area (Å²) in [5.41, 5.74) is 0. The normalized spacial score (nSPS) is 19.4. The van der Waals surface area contributed by atoms with Crippen molar-refractivity contribution in [1.82, 2.24) is 10.2 Å². The van der Waals surface area contributed by atoms with Crippen molar-refractivity contribution < 1.29 is 14.7 Å². The molecule has 0 bridgehead atoms. The second-order valence-corrected chi connectivity index (χ2v) is 4.92. The Bertz CT molecular complexity index is 286. The van der Waals surface area contributed by atoms with E-state index in [9.17, 15) is 14.7 Å². The van der Waals surface area contributed by atoms with Crippen molar-refractivity contribution >= 4 is 11.9 Å². The summed E-state index contributed by atoms with van der Waals surface area (Å²) < 4.78 is 0. The molecular weight excluding hydrogens is 232 g/mol. The number of piperidine rings is 1. The topological polar surface area (TPSA) is 69.6 Å². The molecule has 0 aromatic rings. The molecule has 1 aliphatic rings. The Morgan fingerprint density at radius 2 is 2.00 bits per heavy atom. The largest absolute Gasteiger partial charge is 0.480 e. The first-order chi connectivity index (χ1) is 8.60. The van der Waals surface area contributed by atoms with Crippen LogP contribution in [0.15, 0.2) is 0 Å². The van der Waals surface area contributed by atoms with Gasteiger partial charge in [-0.05, 0) is 32.4 Å². The zero-order chi connectivity index (χ0) is 13.5. The minimum absolute atomic E-state index is 0.0480. The highest BCUT2D eigenvalue weighted by Crippen LogP contribution is 2.21. The number of hydrogen-bond acceptors (Lipinski definition) is 3. The average Bonchev–Trinajstić information content (AvgIpc) is 2.38. The van der Waals surface area contributed by atoms with Gasteiger partial charge < -0.3 is 10.4 Å². The predicted molar refractivity (Wildman–Crippen MR) is 69.3 cm³/mol. The molecule has 1 rings (SSSR count). The Labute approximate surface area is 109 Å². The van der Waals surface area contributed by atoms with Crippen molar-refractivity contribution in [3.8, 4) is 0 Å². The first-order valence-electron chi connectivity index (χ1n) is 6.78. The van der Waals surface area contributed by atoms with Gasteiger partial charge in [0.05, 0.1) is 0 Å². The van der Waals surface area contributed by atoms with Crippen LogP contribution >= 0.6 is 0 Å². The number of nitrogens with one attached hydrogen (secondary N) is 1. The number of carbonyl (C=O) groups excluding carboxylic acids is 1. The Balaban J connectivity index is 2.48. The summed E-state index contributed by atoms with van der Waals surface area (Å²) in [6, 6.07) is -0.379. The highest BCUT2D eigenvalue weighted by molar-refractivity contribution is 5.78. The molecule has 5 heteroatoms. The summed E-state index contributed by atoms with van der Waals surface area (Å²) in [6.45, 7) is 3.48. The van der Waals surface area contributed by atoms with E-state index < -0.39 is 5.97 Å². The van der Waals surface area contributed by atoms with Gasteiger partial charge in [0.2, 0.25) is 5.91 Å². The van der Waals surface area contributed by atoms with Crippen LogP contribution in [0.4, 0.5) is 0 Å². The molecule has 0 aromatic carbocycles. The molecule has 1 amide bonds. The summed E-state index contributed by atoms with van der Waals surface area (Å²) in [4.78, 5) is 24.8. The maximum absolute atomic E-state index is 11.5. The maximum atomic E-state index is 11.5. The first kappa shape index (κ1) is 15.0. The van der Waals surface area contributed by atoms with Crippen molar-refractivity contribution in [2.45, 2.75) is 45.1 Å². The molecule has 1 fully saturated rings. The molecular formula is C13H24N2O3. The van der Waals surface area contributed by atoms with Crippen LogP contribution in [0.5, 0.6) is 0 Å². The van der Waals surface area contributed by atoms with Gasteiger partial charge in [-0.25, -0.2) is 0 Å². The van der Waals surface area contributed by atoms with Gasteiger partial charge in [-0.15, -0.1) is 0 Å². The molecule has 1 unspecified atom stereocenters. The number of hydrogen-bond donors (Lipinski definition) is 2. The third kappa shape index (κ3) is 3.98. The first-order valence-corrected chi connectivity index (χ1v) is 6.78. The van der Waals surface area contributed by atoms with E-state index in [1.165, 1.54) is 0 Å². The highest BCUT2D eigenvalue weighted by atomic mass is 16.4. The minimum atomic E-state index is -0.734. The van der Waals surface area contributed by atoms with Gasteiger partial charge in [0.25, 0.3) is 0 Å². The second-order valence-electron chi connectivity index (χ2n) is 4.92. The van der Waals surface area contributed by atoms with Gasteiger partial charge in [-0.1, -0.05) is 19.8 Å². The molecule has 104 valence electrons. The van der Waals surface area contributed by atoms with Gasteiger partial charge in [0, 0.05) is 13.0 Å². The van der Waals surface area contributed by atoms with Crippen LogP contribution in [-0.2, 0) is 9.59 Å². The van der Waals surface area contributed by atoms with Crippen LogP contribution < -0.4 is 5.32 Å². The number of carboxylic acids is 1. The van der Waals surface area contributed by atoms with Crippen molar-refractivity contribution in [2.24, 2.45) is 5.92 Å². The lowest BCUT2D eigenvalue weighted by molar-refractivity contribution is -0.144. The van der Waals surface area contributed by atoms with E-state index in [2.05, 4.69) is 12.2 Å². The SMILES string of the molecule is CCCCC(C(=O)O)N1CCC(C(=O)NC)CC1. The van der Waals surface area contributed by atoms with Crippen LogP contribution in [0.1, 0.15) is 39.0 Å². The molecule has 0 spiro atoms. The summed E-state index contributed by atoms with van der Waals surface area (Å²) in [5.74, 6) is -0.608. The number of nitrogens with zero attached hydrogens (tertiary/aromatic N) is 1. The quantitative estimate of drug-likeness (QED) is 0.746. The fraction of sp³-hybridized carbons (Fsp3) is 0.846. The number of rotatable bonds is 6. The molecule has 1 aliphatic heterocycles. The van der Waals surface area contributed by atoms with Crippen LogP contribution in [0.25, 0.3) is 0 Å². The highest BCUT2D eigenvalue weighted by Gasteiger charge is 2.31. The summed E-state index contributed by atoms with van der Waals surface area (Å²) in [7, 11) is 1.65. The van der Waals surface area contributed by atoms with E-state index >= 15 is 0 Å². The number of carboxylic acid groups (broad SMARTS) is 1. The third-order valence-electron chi connectivity index (χ3n) is 3.70. The standard InChI is InChI=1S/C13H24N2O3/c1-3-4-5-11(13(17)18)15-8-6-10(7-9-15)12(16)14-2/h10-11H,3-9H2,1-2H3,(H,14,16)(H,17,18). The number of carbonyl (C=O) groups is 2. The van der Waals surface area contributed by atoms with Crippen molar-refractivity contribution in [3.63, 3.8) is 0 Å². The fourth-order valence-electron chi connectivity index (χ4n) is 2.54. The molecule has 0 aromatic heterocycles. The molecule has 5 nitrogen and oxygen atoms in total. The molecule has 18 heavy (non-hydrogen) atoms. The number of amides is 1. The van der Waals surface area contributed by atoms with E-state index in [1.807, 2.05) is 4.90 Å². The molecule has 0 saturated carbocycles. The Morgan fingerprint density at radius 1 is 1.39 bits per heavy atom. The number of aliphatic carboxylic acids is 1. The van der Waals surface area contributed by atoms with Gasteiger partial charge in [-0.2, -0.15) is 0 Å². The lowest BCUT2D eigenvalue weighted by Crippen LogP contribution is -2.47. The summed E-state index contributed by atoms with van der Waals surface area (Å²) in [5, 5.41) is 11.9. The minimum Gasteiger partial charge on any atom is -0.480 e. The number of unbranched alkanes of at least 4 members (excludes halogenated alkanes) is 1. The zero-order valence-electron chi connectivity index (χ0n) is 11.3. The van der Waals surface area contributed by atoms with Crippen molar-refractivity contribution in [1.29, 1.82) is 0 Å². The third-order valence-corrected chi connectivity index (χ3v) is 3.70. The van der Waals surface area contributed by atoms with Crippen LogP contribution in [0, 0.1) is 5.92 Å². The van der Waals surface area contributed by atoms with Gasteiger partial charge in [0.15, 0.2) is 0 Å². The number of likely N-dealkylation sites (tertiary alicyclic amines) is 1. The van der Waals surface area contributed by atoms with Crippen molar-refractivity contribution in [3.05, 3.63) is 0 Å². The van der Waals surface area contributed by atoms with Crippen LogP contribution in [-0.4, -0.2) is 48.1 Å². The van der Waals surface area contributed by atoms with Gasteiger partial charge >= 0.3 is 5.97 Å². The van der Waals surface area contributed by atoms with Crippen molar-refractivity contribution in [2.75, 3.05) is 20.1 Å². The zero-order valence-corrected chi connectivity index (χ0v) is 11.3. The van der Waals surface area contributed by atoms with Gasteiger partial charge in [-0.3, -0.25) is 14.5 Å². The fourth-order valence-corrected chi connectivity index (χ4v) is 2.54. The smallest absolute Gasteiger partial charge is 0.320 e. The molecule has 0 aliphatic carbocycles. The monoisotopic (exact) mass is 256 g/mol. The second kappa shape index (κ2) is 7.36. The lowest BCUT2D eigenvalue weighted by atomic mass is 9.94. The van der Waals surface area contributed by atoms with Crippen LogP contribution in [0.3, 0.4) is 0 Å². The summed E-state index contributed by atoms with van der Waals surface area (Å²) in [6.07, 6.45) is 4.17. The Kier molecular flexibility index (Phi) is 6.12. The molecule has 1 heterocycles. The average molecular weight is 256 g/mol. The molecule has 1 saturated heterocycles. The van der Waals surface area contributed by atoms with E-state index in [0.29, 0.717) is 19.5 Å².